The molecular formula is C26H29N3O4S. The molecule has 0 aliphatic rings. The number of rotatable bonds is 9. The predicted octanol–water partition coefficient (Wildman–Crippen LogP) is 4.44. The molecule has 0 radical (unpaired) electrons. The number of hydrazone groups is 1. The maximum absolute atomic E-state index is 13.4. The van der Waals surface area contributed by atoms with Crippen molar-refractivity contribution in [3.8, 4) is 5.75 Å². The zero-order chi connectivity index (χ0) is 24.7. The van der Waals surface area contributed by atoms with Crippen LogP contribution in [0.4, 0.5) is 5.69 Å². The molecule has 3 aromatic carbocycles. The largest absolute Gasteiger partial charge is 0.494 e. The van der Waals surface area contributed by atoms with Crippen molar-refractivity contribution in [3.05, 3.63) is 89.5 Å². The van der Waals surface area contributed by atoms with Crippen LogP contribution in [-0.2, 0) is 14.8 Å². The Balaban J connectivity index is 1.84. The summed E-state index contributed by atoms with van der Waals surface area (Å²) in [5.41, 5.74) is 6.07. The van der Waals surface area contributed by atoms with Crippen molar-refractivity contribution in [1.29, 1.82) is 0 Å². The van der Waals surface area contributed by atoms with E-state index >= 15 is 0 Å². The zero-order valence-corrected chi connectivity index (χ0v) is 20.6. The predicted molar refractivity (Wildman–Crippen MR) is 135 cm³/mol. The van der Waals surface area contributed by atoms with E-state index < -0.39 is 22.5 Å². The highest BCUT2D eigenvalue weighted by Crippen LogP contribution is 2.27. The van der Waals surface area contributed by atoms with Crippen molar-refractivity contribution >= 4 is 27.3 Å². The zero-order valence-electron chi connectivity index (χ0n) is 19.8. The molecule has 0 atom stereocenters. The molecule has 3 rings (SSSR count). The smallest absolute Gasteiger partial charge is 0.264 e. The summed E-state index contributed by atoms with van der Waals surface area (Å²) in [4.78, 5) is 12.9. The molecule has 7 nitrogen and oxygen atoms in total. The fourth-order valence-electron chi connectivity index (χ4n) is 3.44. The lowest BCUT2D eigenvalue weighted by Crippen LogP contribution is -2.40. The Morgan fingerprint density at radius 2 is 1.68 bits per heavy atom. The molecule has 0 fully saturated rings. The molecule has 34 heavy (non-hydrogen) atoms. The van der Waals surface area contributed by atoms with Gasteiger partial charge in [-0.2, -0.15) is 5.10 Å². The normalized spacial score (nSPS) is 11.7. The standard InChI is InChI=1S/C26H29N3O4S/c1-5-33-23-14-12-22(13-15-23)21(4)27-28-26(30)18-29(25-16-11-19(2)17-20(25)3)34(31,32)24-9-7-6-8-10-24/h6-17H,5,18H2,1-4H3,(H,28,30). The van der Waals surface area contributed by atoms with Crippen LogP contribution in [0.2, 0.25) is 0 Å². The van der Waals surface area contributed by atoms with E-state index in [1.165, 1.54) is 12.1 Å². The molecule has 0 unspecified atom stereocenters. The van der Waals surface area contributed by atoms with Gasteiger partial charge in [0, 0.05) is 0 Å². The van der Waals surface area contributed by atoms with Crippen molar-refractivity contribution in [2.24, 2.45) is 5.10 Å². The molecule has 3 aromatic rings. The Bertz CT molecular complexity index is 1270. The molecule has 1 amide bonds. The first-order chi connectivity index (χ1) is 16.2. The average Bonchev–Trinajstić information content (AvgIpc) is 2.82. The molecule has 1 N–H and O–H groups in total. The number of anilines is 1. The summed E-state index contributed by atoms with van der Waals surface area (Å²) in [6.45, 7) is 7.58. The number of sulfonamides is 1. The van der Waals surface area contributed by atoms with Crippen LogP contribution in [0.1, 0.15) is 30.5 Å². The summed E-state index contributed by atoms with van der Waals surface area (Å²) < 4.78 is 33.5. The van der Waals surface area contributed by atoms with E-state index in [2.05, 4.69) is 10.5 Å². The number of nitrogens with one attached hydrogen (secondary N) is 1. The number of carbonyl (C=O) groups excluding carboxylic acids is 1. The molecule has 0 aliphatic carbocycles. The summed E-state index contributed by atoms with van der Waals surface area (Å²) >= 11 is 0. The molecule has 0 bridgehead atoms. The van der Waals surface area contributed by atoms with Gasteiger partial charge in [-0.3, -0.25) is 9.10 Å². The molecule has 178 valence electrons. The SMILES string of the molecule is CCOc1ccc(C(C)=NNC(=O)CN(c2ccc(C)cc2C)S(=O)(=O)c2ccccc2)cc1. The van der Waals surface area contributed by atoms with E-state index in [1.54, 1.807) is 31.2 Å². The minimum Gasteiger partial charge on any atom is -0.494 e. The average molecular weight is 480 g/mol. The van der Waals surface area contributed by atoms with Gasteiger partial charge in [0.25, 0.3) is 15.9 Å². The summed E-state index contributed by atoms with van der Waals surface area (Å²) in [6.07, 6.45) is 0. The Kier molecular flexibility index (Phi) is 8.07. The highest BCUT2D eigenvalue weighted by atomic mass is 32.2. The Morgan fingerprint density at radius 3 is 2.29 bits per heavy atom. The lowest BCUT2D eigenvalue weighted by atomic mass is 10.1. The van der Waals surface area contributed by atoms with Crippen molar-refractivity contribution in [3.63, 3.8) is 0 Å². The van der Waals surface area contributed by atoms with Gasteiger partial charge in [0.05, 0.1) is 22.9 Å². The molecule has 0 aliphatic heterocycles. The summed E-state index contributed by atoms with van der Waals surface area (Å²) in [7, 11) is -3.98. The van der Waals surface area contributed by atoms with Crippen LogP contribution in [0.5, 0.6) is 5.75 Å². The van der Waals surface area contributed by atoms with Crippen LogP contribution in [0.3, 0.4) is 0 Å². The van der Waals surface area contributed by atoms with Gasteiger partial charge in [0.15, 0.2) is 0 Å². The summed E-state index contributed by atoms with van der Waals surface area (Å²) in [5, 5.41) is 4.16. The van der Waals surface area contributed by atoms with Crippen LogP contribution < -0.4 is 14.5 Å². The number of amides is 1. The maximum Gasteiger partial charge on any atom is 0.264 e. The van der Waals surface area contributed by atoms with E-state index in [1.807, 2.05) is 57.2 Å². The van der Waals surface area contributed by atoms with Crippen molar-refractivity contribution in [1.82, 2.24) is 5.43 Å². The van der Waals surface area contributed by atoms with Gasteiger partial charge in [-0.1, -0.05) is 35.9 Å². The van der Waals surface area contributed by atoms with Gasteiger partial charge in [-0.25, -0.2) is 13.8 Å². The van der Waals surface area contributed by atoms with E-state index in [9.17, 15) is 13.2 Å². The fourth-order valence-corrected chi connectivity index (χ4v) is 4.95. The van der Waals surface area contributed by atoms with Crippen LogP contribution in [0, 0.1) is 13.8 Å². The third kappa shape index (κ3) is 6.02. The number of benzene rings is 3. The first kappa shape index (κ1) is 25.0. The van der Waals surface area contributed by atoms with Crippen LogP contribution in [0.15, 0.2) is 82.8 Å². The lowest BCUT2D eigenvalue weighted by Gasteiger charge is -2.25. The van der Waals surface area contributed by atoms with Gasteiger partial charge in [0.1, 0.15) is 12.3 Å². The van der Waals surface area contributed by atoms with E-state index in [0.717, 1.165) is 26.7 Å². The Hall–Kier alpha value is -3.65. The van der Waals surface area contributed by atoms with Crippen LogP contribution >= 0.6 is 0 Å². The van der Waals surface area contributed by atoms with Gasteiger partial charge in [0.2, 0.25) is 0 Å². The maximum atomic E-state index is 13.4. The van der Waals surface area contributed by atoms with Gasteiger partial charge in [-0.05, 0) is 81.3 Å². The summed E-state index contributed by atoms with van der Waals surface area (Å²) in [5.74, 6) is 0.197. The van der Waals surface area contributed by atoms with Crippen molar-refractivity contribution < 1.29 is 17.9 Å². The number of hydrogen-bond acceptors (Lipinski definition) is 5. The number of nitrogens with zero attached hydrogens (tertiary/aromatic N) is 2. The molecule has 8 heteroatoms. The second-order valence-electron chi connectivity index (χ2n) is 7.80. The topological polar surface area (TPSA) is 88.1 Å². The third-order valence-corrected chi connectivity index (χ3v) is 6.94. The van der Waals surface area contributed by atoms with Gasteiger partial charge >= 0.3 is 0 Å². The lowest BCUT2D eigenvalue weighted by molar-refractivity contribution is -0.119. The quantitative estimate of drug-likeness (QED) is 0.363. The number of hydrogen-bond donors (Lipinski definition) is 1. The van der Waals surface area contributed by atoms with Crippen molar-refractivity contribution in [2.45, 2.75) is 32.6 Å². The van der Waals surface area contributed by atoms with Crippen LogP contribution in [0.25, 0.3) is 0 Å². The van der Waals surface area contributed by atoms with Crippen molar-refractivity contribution in [2.75, 3.05) is 17.5 Å². The first-order valence-electron chi connectivity index (χ1n) is 10.9. The molecular weight excluding hydrogens is 450 g/mol. The first-order valence-corrected chi connectivity index (χ1v) is 12.4. The second-order valence-corrected chi connectivity index (χ2v) is 9.67. The molecule has 0 aromatic heterocycles. The monoisotopic (exact) mass is 479 g/mol. The molecule has 0 saturated heterocycles. The number of ether oxygens (including phenoxy) is 1. The Labute approximate surface area is 201 Å². The van der Waals surface area contributed by atoms with Gasteiger partial charge in [-0.15, -0.1) is 0 Å². The highest BCUT2D eigenvalue weighted by molar-refractivity contribution is 7.92. The highest BCUT2D eigenvalue weighted by Gasteiger charge is 2.28. The molecule has 0 saturated carbocycles. The van der Waals surface area contributed by atoms with E-state index in [4.69, 9.17) is 4.74 Å². The minimum atomic E-state index is -3.98. The van der Waals surface area contributed by atoms with E-state index in [0.29, 0.717) is 18.0 Å². The molecule has 0 heterocycles. The summed E-state index contributed by atoms with van der Waals surface area (Å²) in [6, 6.07) is 20.8. The molecule has 0 spiro atoms. The Morgan fingerprint density at radius 1 is 1.00 bits per heavy atom. The van der Waals surface area contributed by atoms with Gasteiger partial charge < -0.3 is 4.74 Å². The fraction of sp³-hybridized carbons (Fsp3) is 0.231. The van der Waals surface area contributed by atoms with Crippen LogP contribution in [-0.4, -0.2) is 33.2 Å². The third-order valence-electron chi connectivity index (χ3n) is 5.17. The second kappa shape index (κ2) is 11.0. The van der Waals surface area contributed by atoms with E-state index in [-0.39, 0.29) is 4.90 Å². The number of carbonyl (C=O) groups is 1. The number of aryl methyl sites for hydroxylation is 2. The minimum absolute atomic E-state index is 0.108.